The molecule has 1 N–H and O–H groups in total. The molecule has 0 radical (unpaired) electrons. The minimum Gasteiger partial charge on any atom is -0.374 e. The zero-order valence-corrected chi connectivity index (χ0v) is 16.2. The molecule has 1 fully saturated rings. The molecule has 1 aromatic carbocycles. The summed E-state index contributed by atoms with van der Waals surface area (Å²) in [6.45, 7) is 3.29. The van der Waals surface area contributed by atoms with Gasteiger partial charge in [0.2, 0.25) is 0 Å². The van der Waals surface area contributed by atoms with Crippen molar-refractivity contribution in [2.45, 2.75) is 12.6 Å². The number of aryl methyl sites for hydroxylation is 1. The van der Waals surface area contributed by atoms with E-state index in [0.29, 0.717) is 0 Å². The largest absolute Gasteiger partial charge is 0.374 e. The van der Waals surface area contributed by atoms with Crippen molar-refractivity contribution in [1.29, 1.82) is 0 Å². The van der Waals surface area contributed by atoms with E-state index in [0.717, 1.165) is 49.0 Å². The van der Waals surface area contributed by atoms with Gasteiger partial charge in [0.15, 0.2) is 5.82 Å². The first-order chi connectivity index (χ1) is 11.8. The molecule has 1 atom stereocenters. The van der Waals surface area contributed by atoms with Gasteiger partial charge in [0.25, 0.3) is 0 Å². The number of imidazole rings is 2. The summed E-state index contributed by atoms with van der Waals surface area (Å²) in [7, 11) is 2.01. The van der Waals surface area contributed by atoms with Crippen LogP contribution in [0.1, 0.15) is 0 Å². The Morgan fingerprint density at radius 2 is 2.00 bits per heavy atom. The topological polar surface area (TPSA) is 56.9 Å². The summed E-state index contributed by atoms with van der Waals surface area (Å²) in [5, 5.41) is 3.38. The summed E-state index contributed by atoms with van der Waals surface area (Å²) >= 11 is 0. The monoisotopic (exact) mass is 395 g/mol. The third-order valence-corrected chi connectivity index (χ3v) is 4.32. The Morgan fingerprint density at radius 3 is 2.65 bits per heavy atom. The molecule has 0 bridgehead atoms. The molecule has 8 heteroatoms. The summed E-state index contributed by atoms with van der Waals surface area (Å²) in [6, 6.07) is 10.2. The second-order valence-electron chi connectivity index (χ2n) is 6.02. The van der Waals surface area contributed by atoms with Crippen molar-refractivity contribution in [3.8, 4) is 22.8 Å². The first-order valence-corrected chi connectivity index (χ1v) is 8.23. The van der Waals surface area contributed by atoms with Gasteiger partial charge in [0.05, 0.1) is 31.3 Å². The van der Waals surface area contributed by atoms with Gasteiger partial charge in [0.1, 0.15) is 5.69 Å². The molecule has 3 aromatic rings. The third kappa shape index (κ3) is 4.10. The standard InChI is InChI=1S/C18H21N5O.2ClH/c1-22-9-7-20-18(22)17-16(14-5-3-2-4-6-14)21-13-23(17)12-15-11-19-8-10-24-15;;/h2-7,9,13,15,19H,8,10-12H2,1H3;2*1H. The van der Waals surface area contributed by atoms with E-state index in [2.05, 4.69) is 32.0 Å². The Hall–Kier alpha value is -1.86. The molecule has 1 aliphatic heterocycles. The number of ether oxygens (including phenoxy) is 1. The van der Waals surface area contributed by atoms with Crippen molar-refractivity contribution >= 4 is 24.8 Å². The summed E-state index contributed by atoms with van der Waals surface area (Å²) in [5.74, 6) is 0.912. The fourth-order valence-electron chi connectivity index (χ4n) is 3.11. The summed E-state index contributed by atoms with van der Waals surface area (Å²) in [5.41, 5.74) is 3.08. The molecule has 1 aliphatic rings. The predicted octanol–water partition coefficient (Wildman–Crippen LogP) is 2.78. The molecule has 26 heavy (non-hydrogen) atoms. The van der Waals surface area contributed by atoms with Gasteiger partial charge >= 0.3 is 0 Å². The highest BCUT2D eigenvalue weighted by molar-refractivity contribution is 5.85. The van der Waals surface area contributed by atoms with E-state index in [-0.39, 0.29) is 30.9 Å². The Kier molecular flexibility index (Phi) is 7.23. The van der Waals surface area contributed by atoms with Crippen molar-refractivity contribution < 1.29 is 4.74 Å². The maximum atomic E-state index is 5.86. The van der Waals surface area contributed by atoms with Crippen LogP contribution in [0.4, 0.5) is 0 Å². The fourth-order valence-corrected chi connectivity index (χ4v) is 3.11. The lowest BCUT2D eigenvalue weighted by Crippen LogP contribution is -2.40. The summed E-state index contributed by atoms with van der Waals surface area (Å²) in [4.78, 5) is 9.23. The normalized spacial score (nSPS) is 16.6. The van der Waals surface area contributed by atoms with Crippen LogP contribution in [0.5, 0.6) is 0 Å². The number of benzene rings is 1. The van der Waals surface area contributed by atoms with Crippen LogP contribution >= 0.6 is 24.8 Å². The minimum atomic E-state index is 0. The number of rotatable bonds is 4. The van der Waals surface area contributed by atoms with E-state index >= 15 is 0 Å². The molecule has 2 aromatic heterocycles. The van der Waals surface area contributed by atoms with Crippen molar-refractivity contribution in [3.05, 3.63) is 49.1 Å². The fraction of sp³-hybridized carbons (Fsp3) is 0.333. The Bertz CT molecular complexity index is 812. The zero-order chi connectivity index (χ0) is 16.4. The van der Waals surface area contributed by atoms with E-state index in [1.54, 1.807) is 0 Å². The summed E-state index contributed by atoms with van der Waals surface area (Å²) in [6.07, 6.45) is 5.82. The van der Waals surface area contributed by atoms with E-state index in [1.807, 2.05) is 48.5 Å². The van der Waals surface area contributed by atoms with E-state index in [4.69, 9.17) is 4.74 Å². The minimum absolute atomic E-state index is 0. The van der Waals surface area contributed by atoms with Crippen LogP contribution in [0.2, 0.25) is 0 Å². The predicted molar refractivity (Wildman–Crippen MR) is 107 cm³/mol. The second kappa shape index (κ2) is 9.19. The molecule has 1 saturated heterocycles. The van der Waals surface area contributed by atoms with Crippen molar-refractivity contribution in [1.82, 2.24) is 24.4 Å². The third-order valence-electron chi connectivity index (χ3n) is 4.32. The Balaban J connectivity index is 0.00000121. The van der Waals surface area contributed by atoms with Crippen LogP contribution in [0.15, 0.2) is 49.1 Å². The van der Waals surface area contributed by atoms with Gasteiger partial charge in [0, 0.05) is 38.1 Å². The number of hydrogen-bond donors (Lipinski definition) is 1. The highest BCUT2D eigenvalue weighted by Gasteiger charge is 2.21. The Morgan fingerprint density at radius 1 is 1.19 bits per heavy atom. The lowest BCUT2D eigenvalue weighted by molar-refractivity contribution is 0.0184. The number of nitrogens with one attached hydrogen (secondary N) is 1. The van der Waals surface area contributed by atoms with E-state index in [1.165, 1.54) is 0 Å². The van der Waals surface area contributed by atoms with Crippen LogP contribution in [-0.2, 0) is 18.3 Å². The van der Waals surface area contributed by atoms with Crippen molar-refractivity contribution in [2.75, 3.05) is 19.7 Å². The van der Waals surface area contributed by atoms with Crippen LogP contribution < -0.4 is 5.32 Å². The van der Waals surface area contributed by atoms with Crippen LogP contribution in [0.25, 0.3) is 22.8 Å². The molecule has 3 heterocycles. The van der Waals surface area contributed by atoms with Crippen LogP contribution in [0.3, 0.4) is 0 Å². The van der Waals surface area contributed by atoms with Crippen LogP contribution in [0, 0.1) is 0 Å². The average molecular weight is 396 g/mol. The molecule has 0 aliphatic carbocycles. The highest BCUT2D eigenvalue weighted by atomic mass is 35.5. The van der Waals surface area contributed by atoms with Gasteiger partial charge in [-0.2, -0.15) is 0 Å². The SMILES string of the molecule is Cl.Cl.Cn1ccnc1-c1c(-c2ccccc2)ncn1CC1CNCCO1. The van der Waals surface area contributed by atoms with Gasteiger partial charge < -0.3 is 19.2 Å². The average Bonchev–Trinajstić information content (AvgIpc) is 3.22. The molecule has 1 unspecified atom stereocenters. The smallest absolute Gasteiger partial charge is 0.158 e. The van der Waals surface area contributed by atoms with E-state index < -0.39 is 0 Å². The maximum Gasteiger partial charge on any atom is 0.158 e. The number of hydrogen-bond acceptors (Lipinski definition) is 4. The first-order valence-electron chi connectivity index (χ1n) is 8.23. The first kappa shape index (κ1) is 20.5. The molecule has 6 nitrogen and oxygen atoms in total. The van der Waals surface area contributed by atoms with Gasteiger partial charge in [-0.3, -0.25) is 0 Å². The lowest BCUT2D eigenvalue weighted by atomic mass is 10.1. The zero-order valence-electron chi connectivity index (χ0n) is 14.5. The second-order valence-corrected chi connectivity index (χ2v) is 6.02. The summed E-state index contributed by atoms with van der Waals surface area (Å²) < 4.78 is 10.0. The lowest BCUT2D eigenvalue weighted by Gasteiger charge is -2.24. The number of aromatic nitrogens is 4. The molecule has 4 rings (SSSR count). The quantitative estimate of drug-likeness (QED) is 0.737. The number of morpholine rings is 1. The van der Waals surface area contributed by atoms with Gasteiger partial charge in [-0.05, 0) is 0 Å². The molecular formula is C18H23Cl2N5O. The Labute approximate surface area is 165 Å². The molecular weight excluding hydrogens is 373 g/mol. The molecule has 0 spiro atoms. The van der Waals surface area contributed by atoms with Crippen molar-refractivity contribution in [2.24, 2.45) is 7.05 Å². The van der Waals surface area contributed by atoms with Crippen molar-refractivity contribution in [3.63, 3.8) is 0 Å². The van der Waals surface area contributed by atoms with Gasteiger partial charge in [-0.15, -0.1) is 24.8 Å². The van der Waals surface area contributed by atoms with Crippen LogP contribution in [-0.4, -0.2) is 44.9 Å². The highest BCUT2D eigenvalue weighted by Crippen LogP contribution is 2.30. The maximum absolute atomic E-state index is 5.86. The molecule has 0 amide bonds. The molecule has 140 valence electrons. The number of nitrogens with zero attached hydrogens (tertiary/aromatic N) is 4. The molecule has 0 saturated carbocycles. The van der Waals surface area contributed by atoms with E-state index in [9.17, 15) is 0 Å². The van der Waals surface area contributed by atoms with Gasteiger partial charge in [-0.1, -0.05) is 30.3 Å². The van der Waals surface area contributed by atoms with Gasteiger partial charge in [-0.25, -0.2) is 9.97 Å². The number of halogens is 2.